The molecule has 0 saturated heterocycles. The molecule has 186 valence electrons. The summed E-state index contributed by atoms with van der Waals surface area (Å²) in [6, 6.07) is 12.0. The van der Waals surface area contributed by atoms with Gasteiger partial charge in [0.25, 0.3) is 0 Å². The maximum atomic E-state index is 13.5. The number of aryl methyl sites for hydroxylation is 2. The Morgan fingerprint density at radius 3 is 2.15 bits per heavy atom. The summed E-state index contributed by atoms with van der Waals surface area (Å²) in [4.78, 5) is 27.9. The summed E-state index contributed by atoms with van der Waals surface area (Å²) in [5.74, 6) is -0.776. The zero-order valence-corrected chi connectivity index (χ0v) is 23.2. The smallest absolute Gasteiger partial charge is 0.244 e. The van der Waals surface area contributed by atoms with Crippen LogP contribution in [0.1, 0.15) is 44.4 Å². The number of benzene rings is 2. The van der Waals surface area contributed by atoms with Crippen molar-refractivity contribution in [1.29, 1.82) is 0 Å². The third-order valence-corrected chi connectivity index (χ3v) is 7.28. The number of carbonyl (C=O) groups excluding carboxylic acids is 2. The molecule has 1 atom stereocenters. The van der Waals surface area contributed by atoms with Gasteiger partial charge in [-0.15, -0.1) is 0 Å². The topological polar surface area (TPSA) is 86.8 Å². The average Bonchev–Trinajstić information content (AvgIpc) is 2.71. The Hall–Kier alpha value is -2.39. The SMILES string of the molecule is Cc1ccc(CN(C(=O)CN(c2ccc(Br)c(C)c2)S(C)(=O)=O)[C@H](C)C(=O)NC(C)(C)C)cc1. The van der Waals surface area contributed by atoms with Crippen molar-refractivity contribution in [3.63, 3.8) is 0 Å². The molecule has 2 amide bonds. The second-order valence-corrected chi connectivity index (χ2v) is 12.4. The molecular formula is C25H34BrN3O4S. The number of hydrogen-bond donors (Lipinski definition) is 1. The van der Waals surface area contributed by atoms with E-state index in [-0.39, 0.29) is 12.5 Å². The molecule has 7 nitrogen and oxygen atoms in total. The normalized spacial score (nSPS) is 12.7. The van der Waals surface area contributed by atoms with Gasteiger partial charge >= 0.3 is 0 Å². The van der Waals surface area contributed by atoms with Gasteiger partial charge in [0.1, 0.15) is 12.6 Å². The van der Waals surface area contributed by atoms with Crippen LogP contribution in [0, 0.1) is 13.8 Å². The van der Waals surface area contributed by atoms with Gasteiger partial charge in [-0.2, -0.15) is 0 Å². The Morgan fingerprint density at radius 2 is 1.65 bits per heavy atom. The molecule has 1 N–H and O–H groups in total. The zero-order chi connectivity index (χ0) is 25.8. The number of halogens is 1. The van der Waals surface area contributed by atoms with E-state index in [0.29, 0.717) is 5.69 Å². The molecule has 34 heavy (non-hydrogen) atoms. The lowest BCUT2D eigenvalue weighted by molar-refractivity contribution is -0.140. The summed E-state index contributed by atoms with van der Waals surface area (Å²) >= 11 is 3.42. The maximum absolute atomic E-state index is 13.5. The lowest BCUT2D eigenvalue weighted by Crippen LogP contribution is -2.54. The number of amides is 2. The van der Waals surface area contributed by atoms with Crippen LogP contribution < -0.4 is 9.62 Å². The van der Waals surface area contributed by atoms with Crippen molar-refractivity contribution in [2.75, 3.05) is 17.1 Å². The second-order valence-electron chi connectivity index (χ2n) is 9.63. The maximum Gasteiger partial charge on any atom is 0.244 e. The van der Waals surface area contributed by atoms with Crippen molar-refractivity contribution in [1.82, 2.24) is 10.2 Å². The first-order valence-corrected chi connectivity index (χ1v) is 13.6. The Labute approximate surface area is 211 Å². The van der Waals surface area contributed by atoms with Gasteiger partial charge in [-0.25, -0.2) is 8.42 Å². The van der Waals surface area contributed by atoms with Crippen molar-refractivity contribution < 1.29 is 18.0 Å². The first kappa shape index (κ1) is 27.9. The molecule has 9 heteroatoms. The quantitative estimate of drug-likeness (QED) is 0.533. The number of nitrogens with one attached hydrogen (secondary N) is 1. The molecule has 0 aromatic heterocycles. The van der Waals surface area contributed by atoms with Crippen LogP contribution >= 0.6 is 15.9 Å². The molecule has 0 aliphatic carbocycles. The predicted molar refractivity (Wildman–Crippen MR) is 140 cm³/mol. The minimum Gasteiger partial charge on any atom is -0.350 e. The molecule has 0 bridgehead atoms. The van der Waals surface area contributed by atoms with E-state index >= 15 is 0 Å². The van der Waals surface area contributed by atoms with Gasteiger partial charge < -0.3 is 10.2 Å². The third-order valence-electron chi connectivity index (χ3n) is 5.25. The largest absolute Gasteiger partial charge is 0.350 e. The fraction of sp³-hybridized carbons (Fsp3) is 0.440. The fourth-order valence-electron chi connectivity index (χ4n) is 3.34. The van der Waals surface area contributed by atoms with Crippen molar-refractivity contribution in [3.8, 4) is 0 Å². The number of carbonyl (C=O) groups is 2. The lowest BCUT2D eigenvalue weighted by Gasteiger charge is -2.33. The number of sulfonamides is 1. The molecule has 2 aromatic rings. The van der Waals surface area contributed by atoms with E-state index in [1.165, 1.54) is 4.90 Å². The van der Waals surface area contributed by atoms with Crippen molar-refractivity contribution in [3.05, 3.63) is 63.6 Å². The van der Waals surface area contributed by atoms with Gasteiger partial charge in [0.2, 0.25) is 21.8 Å². The Kier molecular flexibility index (Phi) is 8.93. The summed E-state index contributed by atoms with van der Waals surface area (Å²) in [6.45, 7) is 10.8. The van der Waals surface area contributed by atoms with Crippen LogP contribution in [0.2, 0.25) is 0 Å². The average molecular weight is 553 g/mol. The van der Waals surface area contributed by atoms with Crippen LogP contribution in [0.5, 0.6) is 0 Å². The minimum atomic E-state index is -3.76. The van der Waals surface area contributed by atoms with Crippen LogP contribution in [0.25, 0.3) is 0 Å². The first-order chi connectivity index (χ1) is 15.6. The third kappa shape index (κ3) is 7.84. The van der Waals surface area contributed by atoms with E-state index in [0.717, 1.165) is 31.7 Å². The Bertz CT molecular complexity index is 1140. The van der Waals surface area contributed by atoms with E-state index in [1.807, 2.05) is 58.9 Å². The number of hydrogen-bond acceptors (Lipinski definition) is 4. The monoisotopic (exact) mass is 551 g/mol. The van der Waals surface area contributed by atoms with Crippen LogP contribution in [0.4, 0.5) is 5.69 Å². The van der Waals surface area contributed by atoms with Crippen molar-refractivity contribution in [2.45, 2.75) is 59.7 Å². The molecular weight excluding hydrogens is 518 g/mol. The summed E-state index contributed by atoms with van der Waals surface area (Å²) in [6.07, 6.45) is 1.07. The number of anilines is 1. The molecule has 2 rings (SSSR count). The second kappa shape index (κ2) is 10.9. The van der Waals surface area contributed by atoms with Crippen LogP contribution in [-0.4, -0.2) is 49.5 Å². The first-order valence-electron chi connectivity index (χ1n) is 11.0. The Morgan fingerprint density at radius 1 is 1.06 bits per heavy atom. The zero-order valence-electron chi connectivity index (χ0n) is 20.8. The van der Waals surface area contributed by atoms with E-state index in [1.54, 1.807) is 25.1 Å². The minimum absolute atomic E-state index is 0.175. The fourth-order valence-corrected chi connectivity index (χ4v) is 4.43. The molecule has 0 saturated carbocycles. The van der Waals surface area contributed by atoms with Crippen LogP contribution in [-0.2, 0) is 26.2 Å². The van der Waals surface area contributed by atoms with Crippen molar-refractivity contribution in [2.24, 2.45) is 0 Å². The highest BCUT2D eigenvalue weighted by atomic mass is 79.9. The van der Waals surface area contributed by atoms with Crippen LogP contribution in [0.15, 0.2) is 46.9 Å². The summed E-state index contributed by atoms with van der Waals surface area (Å²) in [5.41, 5.74) is 2.68. The van der Waals surface area contributed by atoms with Crippen molar-refractivity contribution >= 4 is 43.5 Å². The van der Waals surface area contributed by atoms with Gasteiger partial charge in [0.05, 0.1) is 11.9 Å². The standard InChI is InChI=1S/C25H34BrN3O4S/c1-17-8-10-20(11-9-17)15-28(19(3)24(31)27-25(4,5)6)23(30)16-29(34(7,32)33)21-12-13-22(26)18(2)14-21/h8-14,19H,15-16H2,1-7H3,(H,27,31)/t19-/m1/s1. The highest BCUT2D eigenvalue weighted by Gasteiger charge is 2.31. The number of nitrogens with zero attached hydrogens (tertiary/aromatic N) is 2. The van der Waals surface area contributed by atoms with E-state index in [4.69, 9.17) is 0 Å². The molecule has 0 fully saturated rings. The van der Waals surface area contributed by atoms with Gasteiger partial charge in [-0.3, -0.25) is 13.9 Å². The molecule has 2 aromatic carbocycles. The molecule has 0 unspecified atom stereocenters. The molecule has 0 aliphatic heterocycles. The van der Waals surface area contributed by atoms with Gasteiger partial charge in [0.15, 0.2) is 0 Å². The van der Waals surface area contributed by atoms with Gasteiger partial charge in [-0.1, -0.05) is 45.8 Å². The van der Waals surface area contributed by atoms with Gasteiger partial charge in [-0.05, 0) is 70.9 Å². The highest BCUT2D eigenvalue weighted by molar-refractivity contribution is 9.10. The number of rotatable bonds is 8. The summed E-state index contributed by atoms with van der Waals surface area (Å²) in [5, 5.41) is 2.91. The summed E-state index contributed by atoms with van der Waals surface area (Å²) < 4.78 is 27.2. The molecule has 0 spiro atoms. The lowest BCUT2D eigenvalue weighted by atomic mass is 10.1. The molecule has 0 radical (unpaired) electrons. The molecule has 0 aliphatic rings. The van der Waals surface area contributed by atoms with E-state index < -0.39 is 34.1 Å². The highest BCUT2D eigenvalue weighted by Crippen LogP contribution is 2.25. The Balaban J connectivity index is 2.41. The summed E-state index contributed by atoms with van der Waals surface area (Å²) in [7, 11) is -3.76. The van der Waals surface area contributed by atoms with Crippen LogP contribution in [0.3, 0.4) is 0 Å². The molecule has 0 heterocycles. The van der Waals surface area contributed by atoms with Gasteiger partial charge in [0, 0.05) is 16.6 Å². The predicted octanol–water partition coefficient (Wildman–Crippen LogP) is 4.16. The van der Waals surface area contributed by atoms with E-state index in [9.17, 15) is 18.0 Å². The van der Waals surface area contributed by atoms with E-state index in [2.05, 4.69) is 21.2 Å².